The summed E-state index contributed by atoms with van der Waals surface area (Å²) in [4.78, 5) is 18.0. The topological polar surface area (TPSA) is 60.5 Å². The zero-order chi connectivity index (χ0) is 23.1. The fourth-order valence-corrected chi connectivity index (χ4v) is 4.43. The van der Waals surface area contributed by atoms with Crippen molar-refractivity contribution in [1.82, 2.24) is 9.71 Å². The van der Waals surface area contributed by atoms with Crippen LogP contribution >= 0.6 is 11.9 Å². The van der Waals surface area contributed by atoms with Gasteiger partial charge in [0.15, 0.2) is 11.5 Å². The molecular weight excluding hydrogens is 446 g/mol. The van der Waals surface area contributed by atoms with Crippen molar-refractivity contribution >= 4 is 17.7 Å². The van der Waals surface area contributed by atoms with E-state index in [0.717, 1.165) is 17.8 Å². The Hall–Kier alpha value is -2.97. The number of fused-ring (bicyclic) bond motifs is 1. The van der Waals surface area contributed by atoms with Gasteiger partial charge in [0.2, 0.25) is 0 Å². The number of nitrogens with one attached hydrogen (secondary N) is 1. The Bertz CT molecular complexity index is 1200. The number of ketones is 1. The Labute approximate surface area is 194 Å². The predicted molar refractivity (Wildman–Crippen MR) is 122 cm³/mol. The largest absolute Gasteiger partial charge is 0.586 e. The number of pyridine rings is 1. The summed E-state index contributed by atoms with van der Waals surface area (Å²) < 4.78 is 39.0. The second-order valence-corrected chi connectivity index (χ2v) is 8.94. The number of ether oxygens (including phenoxy) is 2. The van der Waals surface area contributed by atoms with Crippen LogP contribution in [-0.2, 0) is 23.2 Å². The molecule has 2 aliphatic rings. The number of aromatic nitrogens is 1. The molecule has 2 aromatic carbocycles. The van der Waals surface area contributed by atoms with Crippen molar-refractivity contribution in [2.45, 2.75) is 37.5 Å². The van der Waals surface area contributed by atoms with Crippen LogP contribution < -0.4 is 14.2 Å². The first kappa shape index (κ1) is 21.9. The molecule has 0 atom stereocenters. The van der Waals surface area contributed by atoms with Gasteiger partial charge < -0.3 is 9.47 Å². The molecule has 1 aliphatic carbocycles. The van der Waals surface area contributed by atoms with E-state index >= 15 is 0 Å². The molecule has 1 fully saturated rings. The van der Waals surface area contributed by atoms with Gasteiger partial charge in [-0.25, -0.2) is 0 Å². The Morgan fingerprint density at radius 2 is 1.82 bits per heavy atom. The first-order valence-electron chi connectivity index (χ1n) is 10.6. The molecule has 5 rings (SSSR count). The van der Waals surface area contributed by atoms with Crippen LogP contribution in [0.2, 0.25) is 0 Å². The SMILES string of the molecule is CSNCc1ccc(-c2cccc(CC(=O)C3(c4ccc5c(c4)OC(F)(F)O5)CC3)n2)cc1. The van der Waals surface area contributed by atoms with Crippen LogP contribution in [0.3, 0.4) is 0 Å². The molecule has 0 amide bonds. The minimum absolute atomic E-state index is 0.0170. The molecule has 33 heavy (non-hydrogen) atoms. The van der Waals surface area contributed by atoms with Crippen LogP contribution in [0.5, 0.6) is 11.5 Å². The minimum Gasteiger partial charge on any atom is -0.395 e. The van der Waals surface area contributed by atoms with Gasteiger partial charge in [0.25, 0.3) is 0 Å². The maximum absolute atomic E-state index is 13.4. The van der Waals surface area contributed by atoms with Gasteiger partial charge in [-0.2, -0.15) is 0 Å². The molecule has 0 unspecified atom stereocenters. The summed E-state index contributed by atoms with van der Waals surface area (Å²) in [7, 11) is 0. The van der Waals surface area contributed by atoms with E-state index < -0.39 is 11.7 Å². The number of alkyl halides is 2. The van der Waals surface area contributed by atoms with E-state index in [1.807, 2.05) is 36.6 Å². The number of hydrogen-bond donors (Lipinski definition) is 1. The van der Waals surface area contributed by atoms with Crippen molar-refractivity contribution in [3.63, 3.8) is 0 Å². The van der Waals surface area contributed by atoms with E-state index in [4.69, 9.17) is 4.98 Å². The summed E-state index contributed by atoms with van der Waals surface area (Å²) >= 11 is 1.57. The number of nitrogens with zero attached hydrogens (tertiary/aromatic N) is 1. The van der Waals surface area contributed by atoms with Gasteiger partial charge in [-0.3, -0.25) is 14.5 Å². The van der Waals surface area contributed by atoms with Gasteiger partial charge >= 0.3 is 6.29 Å². The number of halogens is 2. The van der Waals surface area contributed by atoms with Gasteiger partial charge in [-0.1, -0.05) is 48.3 Å². The van der Waals surface area contributed by atoms with Crippen molar-refractivity contribution in [2.24, 2.45) is 0 Å². The molecule has 0 spiro atoms. The second-order valence-electron chi connectivity index (χ2n) is 8.25. The third-order valence-corrected chi connectivity index (χ3v) is 6.49. The molecule has 1 N–H and O–H groups in total. The summed E-state index contributed by atoms with van der Waals surface area (Å²) in [5.74, 6) is -0.0271. The summed E-state index contributed by atoms with van der Waals surface area (Å²) in [6, 6.07) is 18.4. The number of Topliss-reactive ketones (excluding diaryl/α,β-unsaturated/α-hetero) is 1. The average molecular weight is 469 g/mol. The Morgan fingerprint density at radius 1 is 1.06 bits per heavy atom. The van der Waals surface area contributed by atoms with Gasteiger partial charge in [-0.15, -0.1) is 8.78 Å². The number of carbonyl (C=O) groups excluding carboxylic acids is 1. The standard InChI is InChI=1S/C25H22F2N2O3S/c1-33-28-15-16-5-7-17(8-6-16)20-4-2-3-19(29-20)14-23(30)24(11-12-24)18-9-10-21-22(13-18)32-25(26,27)31-21/h2-10,13,28H,11-12,14-15H2,1H3. The molecule has 0 saturated heterocycles. The number of benzene rings is 2. The highest BCUT2D eigenvalue weighted by Crippen LogP contribution is 2.52. The maximum atomic E-state index is 13.4. The molecular formula is C25H22F2N2O3S. The highest BCUT2D eigenvalue weighted by Gasteiger charge is 2.52. The first-order valence-corrected chi connectivity index (χ1v) is 11.9. The number of carbonyl (C=O) groups is 1. The Kier molecular flexibility index (Phi) is 5.58. The summed E-state index contributed by atoms with van der Waals surface area (Å²) in [6.45, 7) is 0.781. The smallest absolute Gasteiger partial charge is 0.395 e. The third kappa shape index (κ3) is 4.45. The van der Waals surface area contributed by atoms with Gasteiger partial charge in [-0.05, 0) is 54.5 Å². The van der Waals surface area contributed by atoms with Gasteiger partial charge in [0.05, 0.1) is 11.1 Å². The molecule has 1 aliphatic heterocycles. The van der Waals surface area contributed by atoms with Gasteiger partial charge in [0, 0.05) is 24.2 Å². The van der Waals surface area contributed by atoms with E-state index in [0.29, 0.717) is 24.1 Å². The first-order chi connectivity index (χ1) is 15.9. The normalized spacial score (nSPS) is 17.1. The van der Waals surface area contributed by atoms with E-state index in [1.54, 1.807) is 18.0 Å². The maximum Gasteiger partial charge on any atom is 0.586 e. The lowest BCUT2D eigenvalue weighted by atomic mass is 9.88. The van der Waals surface area contributed by atoms with Crippen molar-refractivity contribution < 1.29 is 23.0 Å². The van der Waals surface area contributed by atoms with Crippen molar-refractivity contribution in [3.8, 4) is 22.8 Å². The zero-order valence-corrected chi connectivity index (χ0v) is 18.8. The summed E-state index contributed by atoms with van der Waals surface area (Å²) in [5, 5.41) is 0. The average Bonchev–Trinajstić information content (AvgIpc) is 3.55. The highest BCUT2D eigenvalue weighted by atomic mass is 32.2. The van der Waals surface area contributed by atoms with E-state index in [9.17, 15) is 13.6 Å². The lowest BCUT2D eigenvalue weighted by Crippen LogP contribution is -2.26. The fourth-order valence-electron chi connectivity index (χ4n) is 4.12. The molecule has 2 heterocycles. The quantitative estimate of drug-likeness (QED) is 0.454. The number of hydrogen-bond acceptors (Lipinski definition) is 6. The van der Waals surface area contributed by atoms with Crippen LogP contribution in [0, 0.1) is 0 Å². The molecule has 170 valence electrons. The van der Waals surface area contributed by atoms with E-state index in [-0.39, 0.29) is 23.7 Å². The zero-order valence-electron chi connectivity index (χ0n) is 17.9. The van der Waals surface area contributed by atoms with Gasteiger partial charge in [0.1, 0.15) is 5.78 Å². The van der Waals surface area contributed by atoms with Crippen LogP contribution in [0.1, 0.15) is 29.7 Å². The molecule has 8 heteroatoms. The summed E-state index contributed by atoms with van der Waals surface area (Å²) in [6.07, 6.45) is -0.161. The third-order valence-electron chi connectivity index (χ3n) is 6.06. The van der Waals surface area contributed by atoms with E-state index in [1.165, 1.54) is 17.7 Å². The molecule has 0 radical (unpaired) electrons. The fraction of sp³-hybridized carbons (Fsp3) is 0.280. The molecule has 1 saturated carbocycles. The van der Waals surface area contributed by atoms with Crippen molar-refractivity contribution in [1.29, 1.82) is 0 Å². The minimum atomic E-state index is -3.67. The molecule has 5 nitrogen and oxygen atoms in total. The highest BCUT2D eigenvalue weighted by molar-refractivity contribution is 7.96. The number of rotatable bonds is 8. The molecule has 3 aromatic rings. The Morgan fingerprint density at radius 3 is 2.55 bits per heavy atom. The van der Waals surface area contributed by atoms with E-state index in [2.05, 4.69) is 26.3 Å². The van der Waals surface area contributed by atoms with Crippen molar-refractivity contribution in [3.05, 3.63) is 77.5 Å². The van der Waals surface area contributed by atoms with Crippen molar-refractivity contribution in [2.75, 3.05) is 6.26 Å². The Balaban J connectivity index is 1.32. The lowest BCUT2D eigenvalue weighted by molar-refractivity contribution is -0.286. The van der Waals surface area contributed by atoms with Crippen LogP contribution in [0.25, 0.3) is 11.3 Å². The molecule has 1 aromatic heterocycles. The van der Waals surface area contributed by atoms with Crippen LogP contribution in [-0.4, -0.2) is 23.3 Å². The van der Waals surface area contributed by atoms with Crippen LogP contribution in [0.4, 0.5) is 8.78 Å². The predicted octanol–water partition coefficient (Wildman–Crippen LogP) is 5.28. The monoisotopic (exact) mass is 468 g/mol. The summed E-state index contributed by atoms with van der Waals surface area (Å²) in [5.41, 5.74) is 3.65. The molecule has 0 bridgehead atoms. The lowest BCUT2D eigenvalue weighted by Gasteiger charge is -2.15. The van der Waals surface area contributed by atoms with Crippen LogP contribution in [0.15, 0.2) is 60.7 Å². The second kappa shape index (κ2) is 8.43.